The predicted octanol–water partition coefficient (Wildman–Crippen LogP) is 3.90. The van der Waals surface area contributed by atoms with Gasteiger partial charge in [-0.05, 0) is 51.0 Å². The summed E-state index contributed by atoms with van der Waals surface area (Å²) in [6.07, 6.45) is 8.05. The molecule has 140 valence electrons. The molecule has 1 aliphatic heterocycles. The lowest BCUT2D eigenvalue weighted by molar-refractivity contribution is 0.380. The summed E-state index contributed by atoms with van der Waals surface area (Å²) >= 11 is 0. The molecule has 4 rings (SSSR count). The molecule has 0 radical (unpaired) electrons. The van der Waals surface area contributed by atoms with E-state index in [0.29, 0.717) is 12.1 Å². The predicted molar refractivity (Wildman–Crippen MR) is 109 cm³/mol. The fourth-order valence-corrected chi connectivity index (χ4v) is 3.98. The number of para-hydroxylation sites is 1. The third kappa shape index (κ3) is 3.88. The summed E-state index contributed by atoms with van der Waals surface area (Å²) in [7, 11) is 0. The second-order valence-corrected chi connectivity index (χ2v) is 7.29. The van der Waals surface area contributed by atoms with Crippen LogP contribution in [0.15, 0.2) is 61.1 Å². The lowest BCUT2D eigenvalue weighted by Gasteiger charge is -2.35. The van der Waals surface area contributed by atoms with Crippen LogP contribution in [0.1, 0.15) is 37.1 Å². The van der Waals surface area contributed by atoms with E-state index >= 15 is 0 Å². The van der Waals surface area contributed by atoms with E-state index in [-0.39, 0.29) is 0 Å². The molecule has 1 saturated heterocycles. The number of hydrogen-bond donors (Lipinski definition) is 1. The van der Waals surface area contributed by atoms with Gasteiger partial charge in [0.05, 0.1) is 11.9 Å². The summed E-state index contributed by atoms with van der Waals surface area (Å²) in [4.78, 5) is 6.56. The molecule has 27 heavy (non-hydrogen) atoms. The third-order valence-electron chi connectivity index (χ3n) is 5.52. The highest BCUT2D eigenvalue weighted by molar-refractivity contribution is 5.45. The summed E-state index contributed by atoms with van der Waals surface area (Å²) in [5, 5.41) is 8.43. The van der Waals surface area contributed by atoms with E-state index in [1.807, 2.05) is 41.5 Å². The van der Waals surface area contributed by atoms with Crippen LogP contribution in [-0.2, 0) is 0 Å². The van der Waals surface area contributed by atoms with E-state index < -0.39 is 0 Å². The van der Waals surface area contributed by atoms with Crippen molar-refractivity contribution in [2.24, 2.45) is 0 Å². The van der Waals surface area contributed by atoms with E-state index in [1.165, 1.54) is 16.9 Å². The molecule has 1 fully saturated rings. The zero-order valence-electron chi connectivity index (χ0n) is 16.0. The van der Waals surface area contributed by atoms with Crippen LogP contribution in [0.2, 0.25) is 0 Å². The van der Waals surface area contributed by atoms with Gasteiger partial charge in [0, 0.05) is 54.5 Å². The SMILES string of the molecule is Cc1c(C(C)NC2CCN(c3ccncc3)CC2)cnn1-c1ccccc1. The molecular weight excluding hydrogens is 334 g/mol. The smallest absolute Gasteiger partial charge is 0.0648 e. The molecule has 0 amide bonds. The molecular formula is C22H27N5. The molecule has 0 saturated carbocycles. The quantitative estimate of drug-likeness (QED) is 0.749. The van der Waals surface area contributed by atoms with E-state index in [2.05, 4.69) is 58.4 Å². The molecule has 5 heteroatoms. The van der Waals surface area contributed by atoms with Crippen LogP contribution in [0.25, 0.3) is 5.69 Å². The first-order valence-electron chi connectivity index (χ1n) is 9.73. The average molecular weight is 361 g/mol. The number of pyridine rings is 1. The molecule has 0 spiro atoms. The first-order chi connectivity index (χ1) is 13.2. The summed E-state index contributed by atoms with van der Waals surface area (Å²) in [6, 6.07) is 15.3. The summed E-state index contributed by atoms with van der Waals surface area (Å²) in [5.74, 6) is 0. The van der Waals surface area contributed by atoms with Gasteiger partial charge in [-0.25, -0.2) is 4.68 Å². The van der Waals surface area contributed by atoms with Crippen molar-refractivity contribution in [1.29, 1.82) is 0 Å². The van der Waals surface area contributed by atoms with Gasteiger partial charge in [-0.2, -0.15) is 5.10 Å². The Morgan fingerprint density at radius 1 is 1.00 bits per heavy atom. The molecule has 0 aliphatic carbocycles. The first-order valence-corrected chi connectivity index (χ1v) is 9.73. The van der Waals surface area contributed by atoms with Crippen LogP contribution in [0, 0.1) is 6.92 Å². The van der Waals surface area contributed by atoms with E-state index in [1.54, 1.807) is 0 Å². The number of hydrogen-bond acceptors (Lipinski definition) is 4. The average Bonchev–Trinajstić information content (AvgIpc) is 3.11. The van der Waals surface area contributed by atoms with Crippen molar-refractivity contribution < 1.29 is 0 Å². The number of nitrogens with zero attached hydrogens (tertiary/aromatic N) is 4. The highest BCUT2D eigenvalue weighted by Gasteiger charge is 2.22. The zero-order valence-corrected chi connectivity index (χ0v) is 16.0. The van der Waals surface area contributed by atoms with Crippen LogP contribution in [-0.4, -0.2) is 33.9 Å². The Balaban J connectivity index is 1.38. The Bertz CT molecular complexity index is 851. The van der Waals surface area contributed by atoms with Crippen molar-refractivity contribution >= 4 is 5.69 Å². The molecule has 2 aromatic heterocycles. The normalized spacial score (nSPS) is 16.4. The van der Waals surface area contributed by atoms with Gasteiger partial charge in [0.2, 0.25) is 0 Å². The maximum Gasteiger partial charge on any atom is 0.0648 e. The largest absolute Gasteiger partial charge is 0.371 e. The molecule has 3 heterocycles. The summed E-state index contributed by atoms with van der Waals surface area (Å²) < 4.78 is 2.03. The van der Waals surface area contributed by atoms with Crippen molar-refractivity contribution in [2.45, 2.75) is 38.8 Å². The second kappa shape index (κ2) is 7.92. The summed E-state index contributed by atoms with van der Waals surface area (Å²) in [5.41, 5.74) is 4.86. The number of piperidine rings is 1. The van der Waals surface area contributed by atoms with Crippen LogP contribution in [0.4, 0.5) is 5.69 Å². The van der Waals surface area contributed by atoms with Gasteiger partial charge in [-0.15, -0.1) is 0 Å². The minimum absolute atomic E-state index is 0.292. The minimum Gasteiger partial charge on any atom is -0.371 e. The standard InChI is InChI=1S/C22H27N5/c1-17(22-16-24-27(18(22)2)21-6-4-3-5-7-21)25-19-10-14-26(15-11-19)20-8-12-23-13-9-20/h3-9,12-13,16-17,19,25H,10-11,14-15H2,1-2H3. The fourth-order valence-electron chi connectivity index (χ4n) is 3.98. The third-order valence-corrected chi connectivity index (χ3v) is 5.52. The monoisotopic (exact) mass is 361 g/mol. The van der Waals surface area contributed by atoms with Crippen molar-refractivity contribution in [2.75, 3.05) is 18.0 Å². The molecule has 1 atom stereocenters. The maximum atomic E-state index is 4.61. The number of rotatable bonds is 5. The van der Waals surface area contributed by atoms with Crippen molar-refractivity contribution in [3.63, 3.8) is 0 Å². The van der Waals surface area contributed by atoms with Gasteiger partial charge in [0.25, 0.3) is 0 Å². The zero-order chi connectivity index (χ0) is 18.6. The Labute approximate surface area is 161 Å². The van der Waals surface area contributed by atoms with Gasteiger partial charge in [0.15, 0.2) is 0 Å². The van der Waals surface area contributed by atoms with Gasteiger partial charge >= 0.3 is 0 Å². The molecule has 1 aliphatic rings. The van der Waals surface area contributed by atoms with Crippen LogP contribution >= 0.6 is 0 Å². The molecule has 1 aromatic carbocycles. The second-order valence-electron chi connectivity index (χ2n) is 7.29. The Morgan fingerprint density at radius 2 is 1.70 bits per heavy atom. The minimum atomic E-state index is 0.292. The van der Waals surface area contributed by atoms with Gasteiger partial charge in [-0.3, -0.25) is 4.98 Å². The van der Waals surface area contributed by atoms with Gasteiger partial charge in [-0.1, -0.05) is 18.2 Å². The Morgan fingerprint density at radius 3 is 2.41 bits per heavy atom. The van der Waals surface area contributed by atoms with Crippen molar-refractivity contribution in [3.8, 4) is 5.69 Å². The van der Waals surface area contributed by atoms with Crippen LogP contribution < -0.4 is 10.2 Å². The van der Waals surface area contributed by atoms with Crippen molar-refractivity contribution in [1.82, 2.24) is 20.1 Å². The Kier molecular flexibility index (Phi) is 5.21. The molecule has 1 N–H and O–H groups in total. The van der Waals surface area contributed by atoms with Crippen LogP contribution in [0.3, 0.4) is 0 Å². The van der Waals surface area contributed by atoms with Crippen molar-refractivity contribution in [3.05, 3.63) is 72.3 Å². The number of aromatic nitrogens is 3. The molecule has 1 unspecified atom stereocenters. The van der Waals surface area contributed by atoms with E-state index in [9.17, 15) is 0 Å². The highest BCUT2D eigenvalue weighted by atomic mass is 15.3. The molecule has 5 nitrogen and oxygen atoms in total. The summed E-state index contributed by atoms with van der Waals surface area (Å²) in [6.45, 7) is 6.56. The number of anilines is 1. The highest BCUT2D eigenvalue weighted by Crippen LogP contribution is 2.24. The molecule has 3 aromatic rings. The van der Waals surface area contributed by atoms with Gasteiger partial charge in [0.1, 0.15) is 0 Å². The van der Waals surface area contributed by atoms with E-state index in [4.69, 9.17) is 0 Å². The lowest BCUT2D eigenvalue weighted by atomic mass is 10.0. The fraction of sp³-hybridized carbons (Fsp3) is 0.364. The van der Waals surface area contributed by atoms with E-state index in [0.717, 1.165) is 31.6 Å². The Hall–Kier alpha value is -2.66. The first kappa shape index (κ1) is 17.7. The number of benzene rings is 1. The maximum absolute atomic E-state index is 4.61. The van der Waals surface area contributed by atoms with Crippen LogP contribution in [0.5, 0.6) is 0 Å². The topological polar surface area (TPSA) is 46.0 Å². The molecule has 0 bridgehead atoms. The number of nitrogens with one attached hydrogen (secondary N) is 1. The lowest BCUT2D eigenvalue weighted by Crippen LogP contribution is -2.43. The van der Waals surface area contributed by atoms with Gasteiger partial charge < -0.3 is 10.2 Å².